The molecule has 0 saturated carbocycles. The Kier molecular flexibility index (Phi) is 7.54. The van der Waals surface area contributed by atoms with Gasteiger partial charge in [-0.05, 0) is 41.8 Å². The number of carbonyl (C=O) groups is 1. The van der Waals surface area contributed by atoms with Crippen molar-refractivity contribution in [2.45, 2.75) is 32.5 Å². The van der Waals surface area contributed by atoms with Crippen molar-refractivity contribution < 1.29 is 23.1 Å². The Morgan fingerprint density at radius 1 is 1.18 bits per heavy atom. The lowest BCUT2D eigenvalue weighted by molar-refractivity contribution is -0.141. The van der Waals surface area contributed by atoms with Gasteiger partial charge in [0.1, 0.15) is 5.82 Å². The zero-order chi connectivity index (χ0) is 24.0. The number of urea groups is 1. The predicted octanol–water partition coefficient (Wildman–Crippen LogP) is 4.14. The lowest BCUT2D eigenvalue weighted by atomic mass is 10.0. The molecule has 0 bridgehead atoms. The fourth-order valence-electron chi connectivity index (χ4n) is 3.03. The molecule has 3 rings (SSSR count). The zero-order valence-corrected chi connectivity index (χ0v) is 18.1. The Morgan fingerprint density at radius 3 is 2.61 bits per heavy atom. The van der Waals surface area contributed by atoms with Crippen molar-refractivity contribution in [3.05, 3.63) is 65.6 Å². The van der Waals surface area contributed by atoms with Crippen LogP contribution >= 0.6 is 0 Å². The molecule has 0 aliphatic carbocycles. The summed E-state index contributed by atoms with van der Waals surface area (Å²) in [6, 6.07) is 10.6. The van der Waals surface area contributed by atoms with Crippen molar-refractivity contribution in [2.75, 3.05) is 23.8 Å². The summed E-state index contributed by atoms with van der Waals surface area (Å²) in [5.41, 5.74) is 0.975. The van der Waals surface area contributed by atoms with Crippen LogP contribution in [0.3, 0.4) is 0 Å². The van der Waals surface area contributed by atoms with Gasteiger partial charge in [-0.1, -0.05) is 26.0 Å². The van der Waals surface area contributed by atoms with Crippen LogP contribution in [-0.4, -0.2) is 39.1 Å². The Bertz CT molecular complexity index is 1080. The first-order valence-corrected chi connectivity index (χ1v) is 10.3. The van der Waals surface area contributed by atoms with Crippen LogP contribution in [0.4, 0.5) is 29.5 Å². The summed E-state index contributed by atoms with van der Waals surface area (Å²) in [6.07, 6.45) is -3.20. The highest BCUT2D eigenvalue weighted by Gasteiger charge is 2.35. The van der Waals surface area contributed by atoms with Gasteiger partial charge in [0, 0.05) is 6.54 Å². The SMILES string of the molecule is CC(C)c1cccc(-n2nc(C(F)(F)F)cc2CNC(=O)Nc2ccc(NCCO)nc2)c1. The standard InChI is InChI=1S/C22H25F3N6O2/c1-14(2)15-4-3-5-17(10-15)31-18(11-19(30-31)22(23,24)25)13-28-21(33)29-16-6-7-20(27-12-16)26-8-9-32/h3-7,10-12,14,32H,8-9,13H2,1-2H3,(H,26,27)(H2,28,29,33). The number of nitrogens with zero attached hydrogens (tertiary/aromatic N) is 3. The third-order valence-corrected chi connectivity index (χ3v) is 4.72. The fourth-order valence-corrected chi connectivity index (χ4v) is 3.03. The summed E-state index contributed by atoms with van der Waals surface area (Å²) in [5, 5.41) is 20.5. The van der Waals surface area contributed by atoms with Gasteiger partial charge >= 0.3 is 12.2 Å². The Morgan fingerprint density at radius 2 is 1.97 bits per heavy atom. The van der Waals surface area contributed by atoms with Gasteiger partial charge in [0.05, 0.1) is 36.4 Å². The summed E-state index contributed by atoms with van der Waals surface area (Å²) in [5.74, 6) is 0.719. The average Bonchev–Trinajstić information content (AvgIpc) is 3.22. The lowest BCUT2D eigenvalue weighted by Crippen LogP contribution is -2.29. The van der Waals surface area contributed by atoms with Gasteiger partial charge < -0.3 is 21.1 Å². The molecule has 0 saturated heterocycles. The van der Waals surface area contributed by atoms with Gasteiger partial charge in [-0.2, -0.15) is 18.3 Å². The number of hydrogen-bond acceptors (Lipinski definition) is 5. The smallest absolute Gasteiger partial charge is 0.395 e. The molecule has 11 heteroatoms. The molecule has 2 amide bonds. The molecule has 8 nitrogen and oxygen atoms in total. The topological polar surface area (TPSA) is 104 Å². The van der Waals surface area contributed by atoms with Crippen LogP contribution in [0.25, 0.3) is 5.69 Å². The molecular weight excluding hydrogens is 437 g/mol. The number of anilines is 2. The Balaban J connectivity index is 1.74. The molecular formula is C22H25F3N6O2. The molecule has 0 atom stereocenters. The van der Waals surface area contributed by atoms with Crippen molar-refractivity contribution in [3.63, 3.8) is 0 Å². The first kappa shape index (κ1) is 24.1. The zero-order valence-electron chi connectivity index (χ0n) is 18.1. The van der Waals surface area contributed by atoms with E-state index in [1.54, 1.807) is 30.3 Å². The van der Waals surface area contributed by atoms with Gasteiger partial charge in [0.25, 0.3) is 0 Å². The van der Waals surface area contributed by atoms with Gasteiger partial charge in [-0.15, -0.1) is 0 Å². The second-order valence-electron chi connectivity index (χ2n) is 7.57. The molecule has 1 aromatic carbocycles. The minimum absolute atomic E-state index is 0.0432. The number of hydrogen-bond donors (Lipinski definition) is 4. The van der Waals surface area contributed by atoms with Crippen LogP contribution in [0.2, 0.25) is 0 Å². The van der Waals surface area contributed by atoms with Crippen LogP contribution in [0.15, 0.2) is 48.7 Å². The maximum Gasteiger partial charge on any atom is 0.435 e. The molecule has 0 fully saturated rings. The minimum atomic E-state index is -4.62. The number of carbonyl (C=O) groups excluding carboxylic acids is 1. The monoisotopic (exact) mass is 462 g/mol. The highest BCUT2D eigenvalue weighted by molar-refractivity contribution is 5.89. The van der Waals surface area contributed by atoms with E-state index in [2.05, 4.69) is 26.0 Å². The summed E-state index contributed by atoms with van der Waals surface area (Å²) >= 11 is 0. The number of halogens is 3. The average molecular weight is 462 g/mol. The molecule has 0 aliphatic rings. The maximum atomic E-state index is 13.3. The van der Waals surface area contributed by atoms with Crippen LogP contribution < -0.4 is 16.0 Å². The number of benzene rings is 1. The number of rotatable bonds is 8. The molecule has 2 aromatic heterocycles. The Labute approximate surface area is 188 Å². The molecule has 0 radical (unpaired) electrons. The van der Waals surface area contributed by atoms with E-state index in [1.807, 2.05) is 19.9 Å². The van der Waals surface area contributed by atoms with Crippen molar-refractivity contribution in [1.82, 2.24) is 20.1 Å². The highest BCUT2D eigenvalue weighted by Crippen LogP contribution is 2.30. The largest absolute Gasteiger partial charge is 0.435 e. The number of aliphatic hydroxyl groups excluding tert-OH is 1. The van der Waals surface area contributed by atoms with Crippen LogP contribution in [0, 0.1) is 0 Å². The van der Waals surface area contributed by atoms with E-state index < -0.39 is 17.9 Å². The minimum Gasteiger partial charge on any atom is -0.395 e. The van der Waals surface area contributed by atoms with Gasteiger partial charge in [-0.25, -0.2) is 14.5 Å². The van der Waals surface area contributed by atoms with Crippen molar-refractivity contribution in [1.29, 1.82) is 0 Å². The molecule has 0 unspecified atom stereocenters. The number of pyridine rings is 1. The van der Waals surface area contributed by atoms with Crippen LogP contribution in [-0.2, 0) is 12.7 Å². The first-order valence-electron chi connectivity index (χ1n) is 10.3. The van der Waals surface area contributed by atoms with Crippen LogP contribution in [0.1, 0.15) is 36.7 Å². The van der Waals surface area contributed by atoms with E-state index >= 15 is 0 Å². The lowest BCUT2D eigenvalue weighted by Gasteiger charge is -2.12. The molecule has 4 N–H and O–H groups in total. The third kappa shape index (κ3) is 6.45. The summed E-state index contributed by atoms with van der Waals surface area (Å²) in [6.45, 7) is 4.09. The molecule has 3 aromatic rings. The second-order valence-corrected chi connectivity index (χ2v) is 7.57. The Hall–Kier alpha value is -3.60. The summed E-state index contributed by atoms with van der Waals surface area (Å²) < 4.78 is 41.1. The molecule has 176 valence electrons. The second kappa shape index (κ2) is 10.3. The third-order valence-electron chi connectivity index (χ3n) is 4.72. The van der Waals surface area contributed by atoms with E-state index in [4.69, 9.17) is 5.11 Å². The first-order chi connectivity index (χ1) is 15.7. The number of nitrogens with one attached hydrogen (secondary N) is 3. The van der Waals surface area contributed by atoms with Gasteiger partial charge in [0.15, 0.2) is 5.69 Å². The quantitative estimate of drug-likeness (QED) is 0.403. The van der Waals surface area contributed by atoms with Crippen molar-refractivity contribution >= 4 is 17.5 Å². The normalized spacial score (nSPS) is 11.5. The van der Waals surface area contributed by atoms with Crippen LogP contribution in [0.5, 0.6) is 0 Å². The van der Waals surface area contributed by atoms with Gasteiger partial charge in [0.2, 0.25) is 0 Å². The number of aromatic nitrogens is 3. The van der Waals surface area contributed by atoms with Crippen molar-refractivity contribution in [3.8, 4) is 5.69 Å². The predicted molar refractivity (Wildman–Crippen MR) is 118 cm³/mol. The van der Waals surface area contributed by atoms with Crippen molar-refractivity contribution in [2.24, 2.45) is 0 Å². The van der Waals surface area contributed by atoms with E-state index in [-0.39, 0.29) is 24.8 Å². The van der Waals surface area contributed by atoms with E-state index in [0.717, 1.165) is 11.6 Å². The maximum absolute atomic E-state index is 13.3. The summed E-state index contributed by atoms with van der Waals surface area (Å²) in [7, 11) is 0. The van der Waals surface area contributed by atoms with Gasteiger partial charge in [-0.3, -0.25) is 0 Å². The molecule has 0 spiro atoms. The molecule has 33 heavy (non-hydrogen) atoms. The highest BCUT2D eigenvalue weighted by atomic mass is 19.4. The van der Waals surface area contributed by atoms with E-state index in [1.165, 1.54) is 10.9 Å². The molecule has 2 heterocycles. The number of amides is 2. The fraction of sp³-hybridized carbons (Fsp3) is 0.318. The van der Waals surface area contributed by atoms with E-state index in [0.29, 0.717) is 23.7 Å². The molecule has 0 aliphatic heterocycles. The van der Waals surface area contributed by atoms with E-state index in [9.17, 15) is 18.0 Å². The number of aliphatic hydroxyl groups is 1. The summed E-state index contributed by atoms with van der Waals surface area (Å²) in [4.78, 5) is 16.4. The number of alkyl halides is 3.